The zero-order chi connectivity index (χ0) is 14.3. The Morgan fingerprint density at radius 1 is 1.47 bits per heavy atom. The number of aromatic nitrogens is 2. The second kappa shape index (κ2) is 7.68. The fourth-order valence-corrected chi connectivity index (χ4v) is 1.80. The third kappa shape index (κ3) is 5.65. The first-order chi connectivity index (χ1) is 9.02. The molecule has 0 radical (unpaired) electrons. The van der Waals surface area contributed by atoms with Crippen molar-refractivity contribution in [3.05, 3.63) is 18.1 Å². The minimum atomic E-state index is -1.06. The van der Waals surface area contributed by atoms with Crippen LogP contribution in [0, 0.1) is 0 Å². The maximum Gasteiger partial charge on any atom is 0.356 e. The quantitative estimate of drug-likeness (QED) is 0.745. The highest BCUT2D eigenvalue weighted by molar-refractivity contribution is 5.84. The maximum atomic E-state index is 10.7. The fourth-order valence-electron chi connectivity index (χ4n) is 1.80. The molecular formula is C13H22N4O2. The fraction of sp³-hybridized carbons (Fsp3) is 0.615. The molecular weight excluding hydrogens is 244 g/mol. The molecule has 0 amide bonds. The van der Waals surface area contributed by atoms with E-state index in [0.717, 1.165) is 13.1 Å². The van der Waals surface area contributed by atoms with E-state index in [1.165, 1.54) is 25.2 Å². The second-order valence-corrected chi connectivity index (χ2v) is 4.75. The lowest BCUT2D eigenvalue weighted by molar-refractivity contribution is 0.0690. The van der Waals surface area contributed by atoms with Crippen molar-refractivity contribution in [1.82, 2.24) is 14.9 Å². The topological polar surface area (TPSA) is 78.4 Å². The van der Waals surface area contributed by atoms with Crippen molar-refractivity contribution >= 4 is 11.8 Å². The lowest BCUT2D eigenvalue weighted by atomic mass is 10.2. The largest absolute Gasteiger partial charge is 0.476 e. The summed E-state index contributed by atoms with van der Waals surface area (Å²) in [6.07, 6.45) is 5.09. The highest BCUT2D eigenvalue weighted by atomic mass is 16.4. The van der Waals surface area contributed by atoms with Crippen LogP contribution in [-0.4, -0.2) is 52.1 Å². The number of nitrogens with zero attached hydrogens (tertiary/aromatic N) is 3. The van der Waals surface area contributed by atoms with Gasteiger partial charge < -0.3 is 15.3 Å². The highest BCUT2D eigenvalue weighted by Gasteiger charge is 2.08. The van der Waals surface area contributed by atoms with Crippen molar-refractivity contribution in [2.24, 2.45) is 0 Å². The van der Waals surface area contributed by atoms with Crippen molar-refractivity contribution in [3.63, 3.8) is 0 Å². The molecule has 106 valence electrons. The minimum absolute atomic E-state index is 0.0433. The van der Waals surface area contributed by atoms with Crippen LogP contribution in [0.15, 0.2) is 12.4 Å². The number of unbranched alkanes of at least 4 members (excludes halogenated alkanes) is 1. The Morgan fingerprint density at radius 3 is 2.74 bits per heavy atom. The summed E-state index contributed by atoms with van der Waals surface area (Å²) >= 11 is 0. The molecule has 6 heteroatoms. The molecule has 1 atom stereocenters. The lowest BCUT2D eigenvalue weighted by Gasteiger charge is -2.22. The van der Waals surface area contributed by atoms with Crippen LogP contribution in [-0.2, 0) is 0 Å². The third-order valence-corrected chi connectivity index (χ3v) is 2.74. The molecule has 0 saturated carbocycles. The Morgan fingerprint density at radius 2 is 2.21 bits per heavy atom. The van der Waals surface area contributed by atoms with E-state index in [2.05, 4.69) is 41.1 Å². The van der Waals surface area contributed by atoms with Crippen molar-refractivity contribution < 1.29 is 9.90 Å². The number of carbonyl (C=O) groups is 1. The summed E-state index contributed by atoms with van der Waals surface area (Å²) < 4.78 is 0. The van der Waals surface area contributed by atoms with Gasteiger partial charge in [0.15, 0.2) is 5.69 Å². The number of carboxylic acids is 1. The summed E-state index contributed by atoms with van der Waals surface area (Å²) in [6, 6.07) is 0.229. The maximum absolute atomic E-state index is 10.7. The van der Waals surface area contributed by atoms with E-state index in [4.69, 9.17) is 5.11 Å². The molecule has 1 heterocycles. The zero-order valence-corrected chi connectivity index (χ0v) is 11.8. The smallest absolute Gasteiger partial charge is 0.356 e. The Hall–Kier alpha value is -1.69. The van der Waals surface area contributed by atoms with Crippen LogP contribution >= 0.6 is 0 Å². The average molecular weight is 266 g/mol. The predicted molar refractivity (Wildman–Crippen MR) is 74.5 cm³/mol. The van der Waals surface area contributed by atoms with Gasteiger partial charge in [0.05, 0.1) is 12.4 Å². The summed E-state index contributed by atoms with van der Waals surface area (Å²) in [5.74, 6) is -0.465. The van der Waals surface area contributed by atoms with Crippen LogP contribution < -0.4 is 5.32 Å². The normalized spacial score (nSPS) is 12.4. The number of likely N-dealkylation sites (N-methyl/N-ethyl adjacent to an activating group) is 1. The van der Waals surface area contributed by atoms with Crippen LogP contribution in [0.25, 0.3) is 0 Å². The van der Waals surface area contributed by atoms with E-state index in [0.29, 0.717) is 5.82 Å². The number of anilines is 1. The summed E-state index contributed by atoms with van der Waals surface area (Å²) in [4.78, 5) is 20.8. The van der Waals surface area contributed by atoms with E-state index < -0.39 is 5.97 Å². The molecule has 1 rings (SSSR count). The number of aromatic carboxylic acids is 1. The molecule has 0 aliphatic heterocycles. The molecule has 0 unspecified atom stereocenters. The van der Waals surface area contributed by atoms with Crippen molar-refractivity contribution in [2.45, 2.75) is 32.7 Å². The van der Waals surface area contributed by atoms with Crippen LogP contribution in [0.5, 0.6) is 0 Å². The number of carboxylic acid groups (broad SMARTS) is 1. The minimum Gasteiger partial charge on any atom is -0.476 e. The summed E-state index contributed by atoms with van der Waals surface area (Å²) in [6.45, 7) is 6.22. The number of hydrogen-bond acceptors (Lipinski definition) is 5. The van der Waals surface area contributed by atoms with Gasteiger partial charge >= 0.3 is 5.97 Å². The van der Waals surface area contributed by atoms with Crippen molar-refractivity contribution in [2.75, 3.05) is 25.5 Å². The van der Waals surface area contributed by atoms with Crippen LogP contribution in [0.4, 0.5) is 5.82 Å². The first-order valence-corrected chi connectivity index (χ1v) is 6.53. The first kappa shape index (κ1) is 15.4. The lowest BCUT2D eigenvalue weighted by Crippen LogP contribution is -2.33. The molecule has 1 aromatic rings. The van der Waals surface area contributed by atoms with Crippen molar-refractivity contribution in [1.29, 1.82) is 0 Å². The van der Waals surface area contributed by atoms with Gasteiger partial charge in [0.1, 0.15) is 5.82 Å². The molecule has 0 aliphatic carbocycles. The van der Waals surface area contributed by atoms with Crippen LogP contribution in [0.2, 0.25) is 0 Å². The Labute approximate surface area is 113 Å². The summed E-state index contributed by atoms with van der Waals surface area (Å²) in [7, 11) is 2.09. The van der Waals surface area contributed by atoms with E-state index in [-0.39, 0.29) is 11.7 Å². The highest BCUT2D eigenvalue weighted by Crippen LogP contribution is 2.04. The van der Waals surface area contributed by atoms with Crippen molar-refractivity contribution in [3.8, 4) is 0 Å². The molecule has 0 saturated heterocycles. The number of nitrogens with one attached hydrogen (secondary N) is 1. The van der Waals surface area contributed by atoms with Crippen LogP contribution in [0.1, 0.15) is 37.2 Å². The van der Waals surface area contributed by atoms with E-state index in [9.17, 15) is 4.79 Å². The molecule has 2 N–H and O–H groups in total. The monoisotopic (exact) mass is 266 g/mol. The van der Waals surface area contributed by atoms with Crippen LogP contribution in [0.3, 0.4) is 0 Å². The second-order valence-electron chi connectivity index (χ2n) is 4.75. The average Bonchev–Trinajstić information content (AvgIpc) is 2.36. The first-order valence-electron chi connectivity index (χ1n) is 6.53. The van der Waals surface area contributed by atoms with E-state index >= 15 is 0 Å². The molecule has 19 heavy (non-hydrogen) atoms. The van der Waals surface area contributed by atoms with E-state index in [1.807, 2.05) is 0 Å². The zero-order valence-electron chi connectivity index (χ0n) is 11.8. The Kier molecular flexibility index (Phi) is 6.21. The number of hydrogen-bond donors (Lipinski definition) is 2. The Bertz CT molecular complexity index is 394. The molecule has 0 fully saturated rings. The molecule has 1 aromatic heterocycles. The van der Waals surface area contributed by atoms with Gasteiger partial charge in [0.2, 0.25) is 0 Å². The molecule has 0 spiro atoms. The van der Waals surface area contributed by atoms with Gasteiger partial charge in [0, 0.05) is 12.6 Å². The molecule has 6 nitrogen and oxygen atoms in total. The standard InChI is InChI=1S/C13H22N4O2/c1-4-5-6-17(3)9-10(2)16-12-8-14-11(7-15-12)13(18)19/h7-8,10H,4-6,9H2,1-3H3,(H,15,16)(H,18,19)/t10-/m0/s1. The van der Waals surface area contributed by atoms with Gasteiger partial charge in [-0.1, -0.05) is 13.3 Å². The summed E-state index contributed by atoms with van der Waals surface area (Å²) in [5.41, 5.74) is -0.0433. The summed E-state index contributed by atoms with van der Waals surface area (Å²) in [5, 5.41) is 11.9. The van der Waals surface area contributed by atoms with E-state index in [1.54, 1.807) is 0 Å². The molecule has 0 bridgehead atoms. The number of rotatable bonds is 8. The van der Waals surface area contributed by atoms with Gasteiger partial charge in [-0.25, -0.2) is 14.8 Å². The Balaban J connectivity index is 2.43. The third-order valence-electron chi connectivity index (χ3n) is 2.74. The van der Waals surface area contributed by atoms with Gasteiger partial charge in [-0.3, -0.25) is 0 Å². The van der Waals surface area contributed by atoms with Gasteiger partial charge in [-0.2, -0.15) is 0 Å². The molecule has 0 aliphatic rings. The van der Waals surface area contributed by atoms with Gasteiger partial charge in [-0.15, -0.1) is 0 Å². The van der Waals surface area contributed by atoms with Gasteiger partial charge in [-0.05, 0) is 26.9 Å². The van der Waals surface area contributed by atoms with Gasteiger partial charge in [0.25, 0.3) is 0 Å². The molecule has 0 aromatic carbocycles. The SMILES string of the molecule is CCCCN(C)C[C@H](C)Nc1cnc(C(=O)O)cn1. The predicted octanol–water partition coefficient (Wildman–Crippen LogP) is 1.71.